The van der Waals surface area contributed by atoms with E-state index >= 15 is 0 Å². The van der Waals surface area contributed by atoms with Gasteiger partial charge in [0.2, 0.25) is 0 Å². The van der Waals surface area contributed by atoms with Crippen LogP contribution in [0.15, 0.2) is 48.5 Å². The Bertz CT molecular complexity index is 855. The molecule has 0 aromatic heterocycles. The van der Waals surface area contributed by atoms with Crippen molar-refractivity contribution in [1.29, 1.82) is 5.26 Å². The van der Waals surface area contributed by atoms with E-state index in [0.717, 1.165) is 0 Å². The number of benzene rings is 2. The van der Waals surface area contributed by atoms with Crippen LogP contribution >= 0.6 is 0 Å². The summed E-state index contributed by atoms with van der Waals surface area (Å²) in [6.45, 7) is 1.38. The third-order valence-corrected chi connectivity index (χ3v) is 3.23. The highest BCUT2D eigenvalue weighted by Crippen LogP contribution is 2.17. The highest BCUT2D eigenvalue weighted by Gasteiger charge is 2.19. The molecule has 126 valence electrons. The minimum Gasteiger partial charge on any atom is -0.449 e. The van der Waals surface area contributed by atoms with Gasteiger partial charge in [-0.2, -0.15) is 5.26 Å². The molecule has 0 unspecified atom stereocenters. The summed E-state index contributed by atoms with van der Waals surface area (Å²) in [5, 5.41) is 21.9. The van der Waals surface area contributed by atoms with Gasteiger partial charge in [-0.1, -0.05) is 6.07 Å². The number of nitro groups is 1. The van der Waals surface area contributed by atoms with E-state index in [2.05, 4.69) is 5.32 Å². The molecule has 25 heavy (non-hydrogen) atoms. The van der Waals surface area contributed by atoms with Crippen molar-refractivity contribution in [1.82, 2.24) is 0 Å². The minimum absolute atomic E-state index is 0.167. The summed E-state index contributed by atoms with van der Waals surface area (Å²) >= 11 is 0. The number of carbonyl (C=O) groups is 2. The van der Waals surface area contributed by atoms with Gasteiger partial charge >= 0.3 is 5.97 Å². The highest BCUT2D eigenvalue weighted by atomic mass is 16.6. The second-order valence-corrected chi connectivity index (χ2v) is 5.03. The summed E-state index contributed by atoms with van der Waals surface area (Å²) in [6, 6.07) is 13.1. The molecule has 0 radical (unpaired) electrons. The predicted octanol–water partition coefficient (Wildman–Crippen LogP) is 2.65. The van der Waals surface area contributed by atoms with Crippen LogP contribution in [0.1, 0.15) is 22.8 Å². The maximum atomic E-state index is 12.1. The van der Waals surface area contributed by atoms with Crippen LogP contribution in [-0.4, -0.2) is 22.9 Å². The second kappa shape index (κ2) is 7.70. The molecule has 0 spiro atoms. The summed E-state index contributed by atoms with van der Waals surface area (Å²) in [4.78, 5) is 34.2. The summed E-state index contributed by atoms with van der Waals surface area (Å²) < 4.78 is 5.05. The topological polar surface area (TPSA) is 122 Å². The number of hydrogen-bond acceptors (Lipinski definition) is 6. The van der Waals surface area contributed by atoms with Gasteiger partial charge < -0.3 is 10.1 Å². The molecule has 0 saturated carbocycles. The molecule has 0 saturated heterocycles. The summed E-state index contributed by atoms with van der Waals surface area (Å²) in [6.07, 6.45) is -1.11. The zero-order chi connectivity index (χ0) is 18.4. The molecule has 0 bridgehead atoms. The smallest absolute Gasteiger partial charge is 0.338 e. The molecule has 0 fully saturated rings. The molecule has 0 heterocycles. The Morgan fingerprint density at radius 2 is 1.92 bits per heavy atom. The van der Waals surface area contributed by atoms with Gasteiger partial charge in [-0.15, -0.1) is 0 Å². The lowest BCUT2D eigenvalue weighted by atomic mass is 10.1. The number of nitriles is 1. The summed E-state index contributed by atoms with van der Waals surface area (Å²) in [7, 11) is 0. The molecule has 2 aromatic rings. The molecule has 0 aliphatic carbocycles. The van der Waals surface area contributed by atoms with E-state index in [9.17, 15) is 19.7 Å². The van der Waals surface area contributed by atoms with Crippen LogP contribution in [-0.2, 0) is 9.53 Å². The Hall–Kier alpha value is -3.73. The van der Waals surface area contributed by atoms with E-state index in [1.54, 1.807) is 0 Å². The van der Waals surface area contributed by atoms with Gasteiger partial charge in [-0.05, 0) is 37.3 Å². The van der Waals surface area contributed by atoms with Gasteiger partial charge in [0.15, 0.2) is 6.10 Å². The molecule has 1 amide bonds. The largest absolute Gasteiger partial charge is 0.449 e. The molecular formula is C17H13N3O5. The lowest BCUT2D eigenvalue weighted by Gasteiger charge is -2.13. The lowest BCUT2D eigenvalue weighted by molar-refractivity contribution is -0.384. The monoisotopic (exact) mass is 339 g/mol. The van der Waals surface area contributed by atoms with E-state index in [-0.39, 0.29) is 16.9 Å². The Kier molecular flexibility index (Phi) is 5.43. The van der Waals surface area contributed by atoms with Crippen LogP contribution in [0.3, 0.4) is 0 Å². The van der Waals surface area contributed by atoms with E-state index in [4.69, 9.17) is 10.00 Å². The van der Waals surface area contributed by atoms with Gasteiger partial charge in [0, 0.05) is 17.8 Å². The van der Waals surface area contributed by atoms with E-state index < -0.39 is 22.9 Å². The Balaban J connectivity index is 1.99. The average Bonchev–Trinajstić information content (AvgIpc) is 2.61. The zero-order valence-corrected chi connectivity index (χ0v) is 13.1. The first kappa shape index (κ1) is 17.6. The van der Waals surface area contributed by atoms with Crippen molar-refractivity contribution in [2.45, 2.75) is 13.0 Å². The number of nitro benzene ring substituents is 1. The van der Waals surface area contributed by atoms with Gasteiger partial charge in [0.05, 0.1) is 22.1 Å². The average molecular weight is 339 g/mol. The molecule has 1 atom stereocenters. The van der Waals surface area contributed by atoms with Crippen LogP contribution < -0.4 is 5.32 Å². The fraction of sp³-hybridized carbons (Fsp3) is 0.118. The Labute approximate surface area is 142 Å². The van der Waals surface area contributed by atoms with Crippen LogP contribution in [0, 0.1) is 21.4 Å². The Morgan fingerprint density at radius 3 is 2.52 bits per heavy atom. The van der Waals surface area contributed by atoms with E-state index in [0.29, 0.717) is 5.56 Å². The summed E-state index contributed by atoms with van der Waals surface area (Å²) in [5.74, 6) is -1.34. The molecule has 2 rings (SSSR count). The van der Waals surface area contributed by atoms with Crippen molar-refractivity contribution in [3.63, 3.8) is 0 Å². The number of non-ortho nitro benzene ring substituents is 1. The molecule has 2 aromatic carbocycles. The van der Waals surface area contributed by atoms with Crippen molar-refractivity contribution in [2.75, 3.05) is 5.32 Å². The van der Waals surface area contributed by atoms with Crippen LogP contribution in [0.25, 0.3) is 0 Å². The van der Waals surface area contributed by atoms with Crippen molar-refractivity contribution in [3.05, 3.63) is 69.8 Å². The maximum Gasteiger partial charge on any atom is 0.338 e. The number of hydrogen-bond donors (Lipinski definition) is 1. The number of carbonyl (C=O) groups excluding carboxylic acids is 2. The highest BCUT2D eigenvalue weighted by molar-refractivity contribution is 5.97. The number of anilines is 1. The van der Waals surface area contributed by atoms with Crippen LogP contribution in [0.5, 0.6) is 0 Å². The van der Waals surface area contributed by atoms with Gasteiger partial charge in [-0.3, -0.25) is 14.9 Å². The number of nitrogens with one attached hydrogen (secondary N) is 1. The van der Waals surface area contributed by atoms with E-state index in [1.165, 1.54) is 55.5 Å². The first-order valence-corrected chi connectivity index (χ1v) is 7.17. The quantitative estimate of drug-likeness (QED) is 0.507. The van der Waals surface area contributed by atoms with Crippen LogP contribution in [0.2, 0.25) is 0 Å². The first-order valence-electron chi connectivity index (χ1n) is 7.17. The first-order chi connectivity index (χ1) is 11.9. The third kappa shape index (κ3) is 4.62. The molecule has 1 N–H and O–H groups in total. The van der Waals surface area contributed by atoms with Crippen molar-refractivity contribution < 1.29 is 19.2 Å². The number of rotatable bonds is 5. The molecular weight excluding hydrogens is 326 g/mol. The second-order valence-electron chi connectivity index (χ2n) is 5.03. The Morgan fingerprint density at radius 1 is 1.24 bits per heavy atom. The van der Waals surface area contributed by atoms with Gasteiger partial charge in [0.25, 0.3) is 11.6 Å². The third-order valence-electron chi connectivity index (χ3n) is 3.23. The fourth-order valence-electron chi connectivity index (χ4n) is 1.90. The standard InChI is InChI=1S/C17H13N3O5/c1-11(25-17(22)13-7-5-12(10-18)6-8-13)16(21)19-14-3-2-4-15(9-14)20(23)24/h2-9,11H,1H3,(H,19,21)/t11-/m0/s1. The normalized spacial score (nSPS) is 11.0. The van der Waals surface area contributed by atoms with Crippen molar-refractivity contribution in [3.8, 4) is 6.07 Å². The van der Waals surface area contributed by atoms with Gasteiger partial charge in [-0.25, -0.2) is 4.79 Å². The molecule has 0 aliphatic heterocycles. The zero-order valence-electron chi connectivity index (χ0n) is 13.1. The minimum atomic E-state index is -1.11. The van der Waals surface area contributed by atoms with Crippen molar-refractivity contribution in [2.24, 2.45) is 0 Å². The van der Waals surface area contributed by atoms with Crippen molar-refractivity contribution >= 4 is 23.3 Å². The van der Waals surface area contributed by atoms with Gasteiger partial charge in [0.1, 0.15) is 0 Å². The van der Waals surface area contributed by atoms with Crippen LogP contribution in [0.4, 0.5) is 11.4 Å². The SMILES string of the molecule is C[C@H](OC(=O)c1ccc(C#N)cc1)C(=O)Nc1cccc([N+](=O)[O-])c1. The number of ether oxygens (including phenoxy) is 1. The number of amides is 1. The number of esters is 1. The predicted molar refractivity (Wildman–Crippen MR) is 87.8 cm³/mol. The maximum absolute atomic E-state index is 12.1. The molecule has 0 aliphatic rings. The lowest BCUT2D eigenvalue weighted by Crippen LogP contribution is -2.30. The molecule has 8 heteroatoms. The molecule has 8 nitrogen and oxygen atoms in total. The number of nitrogens with zero attached hydrogens (tertiary/aromatic N) is 2. The fourth-order valence-corrected chi connectivity index (χ4v) is 1.90. The van der Waals surface area contributed by atoms with E-state index in [1.807, 2.05) is 6.07 Å². The summed E-state index contributed by atoms with van der Waals surface area (Å²) in [5.41, 5.74) is 0.655.